The second kappa shape index (κ2) is 8.94. The van der Waals surface area contributed by atoms with Gasteiger partial charge >= 0.3 is 6.09 Å². The summed E-state index contributed by atoms with van der Waals surface area (Å²) in [6, 6.07) is 1.48. The minimum atomic E-state index is -2.02. The molecule has 6 unspecified atom stereocenters. The molecule has 1 aromatic carbocycles. The number of hydrogen-bond donors (Lipinski definition) is 1. The predicted molar refractivity (Wildman–Crippen MR) is 140 cm³/mol. The van der Waals surface area contributed by atoms with Crippen LogP contribution < -0.4 is 4.74 Å². The summed E-state index contributed by atoms with van der Waals surface area (Å²) in [6.45, 7) is 0. The molecule has 1 saturated carbocycles. The number of rotatable bonds is 2. The number of likely N-dealkylation sites (tertiary alicyclic amines) is 2. The van der Waals surface area contributed by atoms with Crippen LogP contribution in [0.3, 0.4) is 0 Å². The lowest BCUT2D eigenvalue weighted by Crippen LogP contribution is -2.60. The highest BCUT2D eigenvalue weighted by Crippen LogP contribution is 2.66. The summed E-state index contributed by atoms with van der Waals surface area (Å²) in [5, 5.41) is 10.5. The standard InChI is InChI=1S/C24H20Br2Cl2N2O8/c1-29-20(34)23(27)7-11-8(4-5-9-13(11)19(33)30(18(9)32)22(36)38-3)14(24(23,28)21(29)35)10-6-12(37-2)17(31)16(26)15(10)25/h4,6,9,11,13-14,31H,5,7H2,1-3H3. The van der Waals surface area contributed by atoms with Gasteiger partial charge in [0.2, 0.25) is 11.8 Å². The number of hydrogen-bond acceptors (Lipinski definition) is 8. The lowest BCUT2D eigenvalue weighted by molar-refractivity contribution is -0.139. The van der Waals surface area contributed by atoms with E-state index in [1.165, 1.54) is 20.2 Å². The summed E-state index contributed by atoms with van der Waals surface area (Å²) in [7, 11) is 3.69. The Morgan fingerprint density at radius 2 is 1.74 bits per heavy atom. The number of carbonyl (C=O) groups is 5. The zero-order chi connectivity index (χ0) is 28.1. The maximum Gasteiger partial charge on any atom is 0.423 e. The Morgan fingerprint density at radius 1 is 1.08 bits per heavy atom. The van der Waals surface area contributed by atoms with E-state index < -0.39 is 63.1 Å². The fourth-order valence-corrected chi connectivity index (χ4v) is 8.30. The Bertz CT molecular complexity index is 1390. The van der Waals surface area contributed by atoms with Gasteiger partial charge in [-0.15, -0.1) is 23.2 Å². The van der Waals surface area contributed by atoms with Crippen LogP contribution in [0.4, 0.5) is 4.79 Å². The van der Waals surface area contributed by atoms with E-state index in [2.05, 4.69) is 36.6 Å². The summed E-state index contributed by atoms with van der Waals surface area (Å²) in [4.78, 5) is 63.3. The number of amides is 5. The lowest BCUT2D eigenvalue weighted by atomic mass is 9.56. The normalized spacial score (nSPS) is 34.1. The largest absolute Gasteiger partial charge is 0.503 e. The number of fused-ring (bicyclic) bond motifs is 4. The van der Waals surface area contributed by atoms with Crippen molar-refractivity contribution in [3.8, 4) is 11.5 Å². The fourth-order valence-electron chi connectivity index (χ4n) is 6.34. The highest BCUT2D eigenvalue weighted by Gasteiger charge is 2.76. The lowest BCUT2D eigenvalue weighted by Gasteiger charge is -2.51. The molecule has 1 aromatic rings. The molecule has 2 aliphatic heterocycles. The van der Waals surface area contributed by atoms with E-state index in [-0.39, 0.29) is 28.8 Å². The Hall–Kier alpha value is -2.15. The Labute approximate surface area is 243 Å². The number of phenols is 1. The molecular weight excluding hydrogens is 675 g/mol. The molecule has 4 aliphatic rings. The van der Waals surface area contributed by atoms with Crippen molar-refractivity contribution in [2.24, 2.45) is 17.8 Å². The van der Waals surface area contributed by atoms with Crippen molar-refractivity contribution in [2.75, 3.05) is 21.3 Å². The molecule has 0 aromatic heterocycles. The van der Waals surface area contributed by atoms with E-state index in [1.807, 2.05) is 0 Å². The Morgan fingerprint density at radius 3 is 2.34 bits per heavy atom. The maximum atomic E-state index is 13.6. The van der Waals surface area contributed by atoms with Gasteiger partial charge in [-0.2, -0.15) is 4.90 Å². The number of allylic oxidation sites excluding steroid dienone is 2. The van der Waals surface area contributed by atoms with Crippen LogP contribution in [0.5, 0.6) is 11.5 Å². The van der Waals surface area contributed by atoms with Crippen molar-refractivity contribution < 1.29 is 38.6 Å². The molecule has 2 saturated heterocycles. The number of halogens is 4. The third-order valence-corrected chi connectivity index (χ3v) is 11.6. The number of carbonyl (C=O) groups excluding carboxylic acids is 5. The Kier molecular flexibility index (Phi) is 6.45. The number of imide groups is 4. The number of methoxy groups -OCH3 is 2. The van der Waals surface area contributed by atoms with Gasteiger partial charge in [0.15, 0.2) is 21.2 Å². The van der Waals surface area contributed by atoms with E-state index in [1.54, 1.807) is 6.08 Å². The molecule has 6 atom stereocenters. The van der Waals surface area contributed by atoms with Gasteiger partial charge in [0.1, 0.15) is 0 Å². The molecule has 5 amide bonds. The summed E-state index contributed by atoms with van der Waals surface area (Å²) >= 11 is 21.0. The maximum absolute atomic E-state index is 13.6. The average molecular weight is 695 g/mol. The monoisotopic (exact) mass is 692 g/mol. The van der Waals surface area contributed by atoms with E-state index in [0.29, 0.717) is 20.5 Å². The molecule has 2 aliphatic carbocycles. The van der Waals surface area contributed by atoms with Gasteiger partial charge in [-0.25, -0.2) is 4.79 Å². The van der Waals surface area contributed by atoms with Crippen LogP contribution in [0.2, 0.25) is 0 Å². The average Bonchev–Trinajstić information content (AvgIpc) is 3.22. The molecule has 10 nitrogen and oxygen atoms in total. The molecule has 2 heterocycles. The molecule has 0 bridgehead atoms. The topological polar surface area (TPSA) is 131 Å². The molecule has 5 rings (SSSR count). The van der Waals surface area contributed by atoms with E-state index in [4.69, 9.17) is 27.9 Å². The molecule has 202 valence electrons. The number of benzene rings is 1. The molecule has 38 heavy (non-hydrogen) atoms. The summed E-state index contributed by atoms with van der Waals surface area (Å²) in [5.74, 6) is -6.92. The highest BCUT2D eigenvalue weighted by atomic mass is 79.9. The number of aromatic hydroxyl groups is 1. The van der Waals surface area contributed by atoms with Crippen LogP contribution in [0.1, 0.15) is 24.3 Å². The van der Waals surface area contributed by atoms with Crippen molar-refractivity contribution in [1.29, 1.82) is 0 Å². The van der Waals surface area contributed by atoms with Gasteiger partial charge in [0, 0.05) is 17.4 Å². The second-order valence-corrected chi connectivity index (χ2v) is 12.5. The highest BCUT2D eigenvalue weighted by molar-refractivity contribution is 9.13. The Balaban J connectivity index is 1.77. The zero-order valence-corrected chi connectivity index (χ0v) is 24.8. The quantitative estimate of drug-likeness (QED) is 0.282. The van der Waals surface area contributed by atoms with Gasteiger partial charge in [-0.1, -0.05) is 11.6 Å². The molecular formula is C24H20Br2Cl2N2O8. The van der Waals surface area contributed by atoms with E-state index in [0.717, 1.165) is 12.0 Å². The summed E-state index contributed by atoms with van der Waals surface area (Å²) < 4.78 is 10.5. The first-order chi connectivity index (χ1) is 17.8. The first-order valence-electron chi connectivity index (χ1n) is 11.4. The number of nitrogens with zero attached hydrogens (tertiary/aromatic N) is 2. The van der Waals surface area contributed by atoms with Crippen molar-refractivity contribution in [2.45, 2.75) is 28.5 Å². The first kappa shape index (κ1) is 27.4. The van der Waals surface area contributed by atoms with Crippen molar-refractivity contribution >= 4 is 84.8 Å². The van der Waals surface area contributed by atoms with Crippen LogP contribution in [0, 0.1) is 17.8 Å². The SMILES string of the molecule is COC(=O)N1C(=O)C2CC=C3C(CC4(Cl)C(=O)N(C)C(=O)C4(Cl)C3c3cc(OC)c(O)c(Br)c3Br)C2C1=O. The van der Waals surface area contributed by atoms with Crippen molar-refractivity contribution in [3.63, 3.8) is 0 Å². The van der Waals surface area contributed by atoms with E-state index >= 15 is 0 Å². The van der Waals surface area contributed by atoms with Gasteiger partial charge in [0.25, 0.3) is 11.8 Å². The van der Waals surface area contributed by atoms with Crippen LogP contribution >= 0.6 is 55.1 Å². The molecule has 0 radical (unpaired) electrons. The smallest absolute Gasteiger partial charge is 0.423 e. The van der Waals surface area contributed by atoms with Crippen molar-refractivity contribution in [1.82, 2.24) is 9.80 Å². The number of alkyl halides is 2. The van der Waals surface area contributed by atoms with Crippen LogP contribution in [0.25, 0.3) is 0 Å². The van der Waals surface area contributed by atoms with Gasteiger partial charge in [-0.05, 0) is 62.2 Å². The van der Waals surface area contributed by atoms with Crippen molar-refractivity contribution in [3.05, 3.63) is 32.2 Å². The molecule has 3 fully saturated rings. The summed E-state index contributed by atoms with van der Waals surface area (Å²) in [6.07, 6.45) is 0.480. The molecule has 1 N–H and O–H groups in total. The fraction of sp³-hybridized carbons (Fsp3) is 0.458. The second-order valence-electron chi connectivity index (χ2n) is 9.62. The third kappa shape index (κ3) is 3.20. The minimum absolute atomic E-state index is 0.0565. The van der Waals surface area contributed by atoms with Gasteiger partial charge in [-0.3, -0.25) is 24.1 Å². The summed E-state index contributed by atoms with van der Waals surface area (Å²) in [5.41, 5.74) is 0.876. The van der Waals surface area contributed by atoms with Crippen LogP contribution in [-0.4, -0.2) is 75.6 Å². The van der Waals surface area contributed by atoms with Gasteiger partial charge in [0.05, 0.1) is 30.5 Å². The third-order valence-electron chi connectivity index (χ3n) is 8.08. The number of phenolic OH excluding ortho intramolecular Hbond substituents is 1. The molecule has 14 heteroatoms. The molecule has 0 spiro atoms. The van der Waals surface area contributed by atoms with Crippen LogP contribution in [0.15, 0.2) is 26.7 Å². The zero-order valence-electron chi connectivity index (χ0n) is 20.1. The predicted octanol–water partition coefficient (Wildman–Crippen LogP) is 3.68. The minimum Gasteiger partial charge on any atom is -0.503 e. The van der Waals surface area contributed by atoms with Gasteiger partial charge < -0.3 is 14.6 Å². The van der Waals surface area contributed by atoms with E-state index in [9.17, 15) is 29.1 Å². The first-order valence-corrected chi connectivity index (χ1v) is 13.7. The van der Waals surface area contributed by atoms with Crippen LogP contribution in [-0.2, 0) is 23.9 Å². The number of ether oxygens (including phenoxy) is 2.